The van der Waals surface area contributed by atoms with Crippen LogP contribution in [0.25, 0.3) is 0 Å². The van der Waals surface area contributed by atoms with Crippen LogP contribution in [0.3, 0.4) is 0 Å². The molecule has 1 aliphatic carbocycles. The first kappa shape index (κ1) is 10.7. The molecule has 1 aromatic rings. The average molecular weight is 224 g/mol. The van der Waals surface area contributed by atoms with Gasteiger partial charge in [-0.15, -0.1) is 0 Å². The van der Waals surface area contributed by atoms with Crippen molar-refractivity contribution in [2.24, 2.45) is 11.7 Å². The van der Waals surface area contributed by atoms with E-state index in [1.807, 2.05) is 0 Å². The third kappa shape index (κ3) is 2.80. The molecule has 0 aliphatic heterocycles. The zero-order valence-corrected chi connectivity index (χ0v) is 9.20. The summed E-state index contributed by atoms with van der Waals surface area (Å²) in [4.78, 5) is 11.9. The molecule has 2 rings (SSSR count). The summed E-state index contributed by atoms with van der Waals surface area (Å²) in [5, 5.41) is 0.583. The minimum absolute atomic E-state index is 0.00407. The van der Waals surface area contributed by atoms with Crippen LogP contribution in [0.4, 0.5) is 0 Å². The number of hydrogen-bond acceptors (Lipinski definition) is 2. The summed E-state index contributed by atoms with van der Waals surface area (Å²) >= 11 is 5.82. The van der Waals surface area contributed by atoms with Crippen molar-refractivity contribution in [3.8, 4) is 0 Å². The molecule has 3 heteroatoms. The number of ketones is 1. The van der Waals surface area contributed by atoms with Gasteiger partial charge in [-0.3, -0.25) is 4.79 Å². The maximum atomic E-state index is 11.9. The van der Waals surface area contributed by atoms with Gasteiger partial charge < -0.3 is 5.73 Å². The highest BCUT2D eigenvalue weighted by Gasteiger charge is 2.27. The zero-order valence-electron chi connectivity index (χ0n) is 8.45. The van der Waals surface area contributed by atoms with Gasteiger partial charge >= 0.3 is 0 Å². The van der Waals surface area contributed by atoms with E-state index in [0.717, 1.165) is 6.42 Å². The number of nitrogens with two attached hydrogens (primary N) is 1. The van der Waals surface area contributed by atoms with Crippen molar-refractivity contribution in [3.05, 3.63) is 34.9 Å². The van der Waals surface area contributed by atoms with Crippen LogP contribution < -0.4 is 5.73 Å². The SMILES string of the molecule is NC(CC1CC1)C(=O)c1cccc(Cl)c1. The van der Waals surface area contributed by atoms with Crippen molar-refractivity contribution in [3.63, 3.8) is 0 Å². The third-order valence-corrected chi connectivity index (χ3v) is 2.97. The lowest BCUT2D eigenvalue weighted by Gasteiger charge is -2.09. The van der Waals surface area contributed by atoms with Crippen molar-refractivity contribution >= 4 is 17.4 Å². The molecule has 80 valence electrons. The van der Waals surface area contributed by atoms with E-state index in [0.29, 0.717) is 16.5 Å². The van der Waals surface area contributed by atoms with Crippen LogP contribution >= 0.6 is 11.6 Å². The predicted octanol–water partition coefficient (Wildman–Crippen LogP) is 2.65. The van der Waals surface area contributed by atoms with Gasteiger partial charge in [0.15, 0.2) is 5.78 Å². The summed E-state index contributed by atoms with van der Waals surface area (Å²) in [6, 6.07) is 6.61. The molecule has 0 saturated heterocycles. The second-order valence-electron chi connectivity index (χ2n) is 4.16. The monoisotopic (exact) mass is 223 g/mol. The highest BCUT2D eigenvalue weighted by atomic mass is 35.5. The van der Waals surface area contributed by atoms with Crippen LogP contribution in [0, 0.1) is 5.92 Å². The number of Topliss-reactive ketones (excluding diaryl/α,β-unsaturated/α-hetero) is 1. The minimum atomic E-state index is -0.365. The van der Waals surface area contributed by atoms with Crippen LogP contribution in [0.5, 0.6) is 0 Å². The summed E-state index contributed by atoms with van der Waals surface area (Å²) in [7, 11) is 0. The van der Waals surface area contributed by atoms with Gasteiger partial charge in [0, 0.05) is 10.6 Å². The predicted molar refractivity (Wildman–Crippen MR) is 61.1 cm³/mol. The van der Waals surface area contributed by atoms with E-state index in [2.05, 4.69) is 0 Å². The molecule has 0 spiro atoms. The van der Waals surface area contributed by atoms with Gasteiger partial charge in [0.25, 0.3) is 0 Å². The summed E-state index contributed by atoms with van der Waals surface area (Å²) in [5.41, 5.74) is 6.47. The Balaban J connectivity index is 2.05. The molecule has 2 nitrogen and oxygen atoms in total. The summed E-state index contributed by atoms with van der Waals surface area (Å²) in [6.45, 7) is 0. The van der Waals surface area contributed by atoms with E-state index in [1.54, 1.807) is 24.3 Å². The van der Waals surface area contributed by atoms with Crippen molar-refractivity contribution in [2.45, 2.75) is 25.3 Å². The van der Waals surface area contributed by atoms with E-state index in [4.69, 9.17) is 17.3 Å². The maximum Gasteiger partial charge on any atom is 0.179 e. The number of carbonyl (C=O) groups excluding carboxylic acids is 1. The number of benzene rings is 1. The van der Waals surface area contributed by atoms with Crippen molar-refractivity contribution < 1.29 is 4.79 Å². The standard InChI is InChI=1S/C12H14ClNO/c13-10-3-1-2-9(7-10)12(15)11(14)6-8-4-5-8/h1-3,7-8,11H,4-6,14H2. The van der Waals surface area contributed by atoms with Gasteiger partial charge in [-0.25, -0.2) is 0 Å². The van der Waals surface area contributed by atoms with E-state index in [1.165, 1.54) is 12.8 Å². The molecular weight excluding hydrogens is 210 g/mol. The van der Waals surface area contributed by atoms with Crippen molar-refractivity contribution in [2.75, 3.05) is 0 Å². The van der Waals surface area contributed by atoms with Crippen LogP contribution in [-0.4, -0.2) is 11.8 Å². The van der Waals surface area contributed by atoms with Crippen LogP contribution in [0.1, 0.15) is 29.6 Å². The molecule has 1 unspecified atom stereocenters. The number of carbonyl (C=O) groups is 1. The van der Waals surface area contributed by atoms with Gasteiger partial charge in [-0.1, -0.05) is 36.6 Å². The lowest BCUT2D eigenvalue weighted by atomic mass is 10.0. The fraction of sp³-hybridized carbons (Fsp3) is 0.417. The Bertz CT molecular complexity index is 374. The summed E-state index contributed by atoms with van der Waals surface area (Å²) in [5.74, 6) is 0.674. The average Bonchev–Trinajstić information content (AvgIpc) is 3.00. The highest BCUT2D eigenvalue weighted by Crippen LogP contribution is 2.33. The Morgan fingerprint density at radius 1 is 1.53 bits per heavy atom. The Hall–Kier alpha value is -0.860. The molecule has 1 saturated carbocycles. The molecule has 0 aromatic heterocycles. The third-order valence-electron chi connectivity index (χ3n) is 2.73. The highest BCUT2D eigenvalue weighted by molar-refractivity contribution is 6.31. The van der Waals surface area contributed by atoms with Gasteiger partial charge in [0.2, 0.25) is 0 Å². The molecule has 2 N–H and O–H groups in total. The molecule has 15 heavy (non-hydrogen) atoms. The summed E-state index contributed by atoms with van der Waals surface area (Å²) in [6.07, 6.45) is 3.25. The Morgan fingerprint density at radius 2 is 2.27 bits per heavy atom. The normalized spacial score (nSPS) is 17.5. The molecular formula is C12H14ClNO. The first-order chi connectivity index (χ1) is 7.16. The smallest absolute Gasteiger partial charge is 0.179 e. The van der Waals surface area contributed by atoms with E-state index in [9.17, 15) is 4.79 Å². The minimum Gasteiger partial charge on any atom is -0.321 e. The number of halogens is 1. The van der Waals surface area contributed by atoms with Gasteiger partial charge in [-0.2, -0.15) is 0 Å². The van der Waals surface area contributed by atoms with Gasteiger partial charge in [0.1, 0.15) is 0 Å². The first-order valence-corrected chi connectivity index (χ1v) is 5.60. The molecule has 0 bridgehead atoms. The Kier molecular flexibility index (Phi) is 3.08. The maximum absolute atomic E-state index is 11.9. The van der Waals surface area contributed by atoms with Crippen molar-refractivity contribution in [1.29, 1.82) is 0 Å². The second kappa shape index (κ2) is 4.33. The quantitative estimate of drug-likeness (QED) is 0.798. The zero-order chi connectivity index (χ0) is 10.8. The largest absolute Gasteiger partial charge is 0.321 e. The molecule has 1 atom stereocenters. The molecule has 0 radical (unpaired) electrons. The Morgan fingerprint density at radius 3 is 2.87 bits per heavy atom. The fourth-order valence-corrected chi connectivity index (χ4v) is 1.87. The second-order valence-corrected chi connectivity index (χ2v) is 4.60. The van der Waals surface area contributed by atoms with E-state index >= 15 is 0 Å². The van der Waals surface area contributed by atoms with Gasteiger partial charge in [-0.05, 0) is 24.5 Å². The van der Waals surface area contributed by atoms with Crippen LogP contribution in [0.2, 0.25) is 5.02 Å². The first-order valence-electron chi connectivity index (χ1n) is 5.22. The van der Waals surface area contributed by atoms with Crippen LogP contribution in [-0.2, 0) is 0 Å². The lowest BCUT2D eigenvalue weighted by molar-refractivity contribution is 0.0954. The van der Waals surface area contributed by atoms with E-state index < -0.39 is 0 Å². The molecule has 0 amide bonds. The number of rotatable bonds is 4. The summed E-state index contributed by atoms with van der Waals surface area (Å²) < 4.78 is 0. The van der Waals surface area contributed by atoms with Gasteiger partial charge in [0.05, 0.1) is 6.04 Å². The Labute approximate surface area is 94.4 Å². The molecule has 1 fully saturated rings. The topological polar surface area (TPSA) is 43.1 Å². The van der Waals surface area contributed by atoms with Crippen molar-refractivity contribution in [1.82, 2.24) is 0 Å². The van der Waals surface area contributed by atoms with Crippen LogP contribution in [0.15, 0.2) is 24.3 Å². The van der Waals surface area contributed by atoms with E-state index in [-0.39, 0.29) is 11.8 Å². The fourth-order valence-electron chi connectivity index (χ4n) is 1.68. The molecule has 1 aliphatic rings. The molecule has 0 heterocycles. The lowest BCUT2D eigenvalue weighted by Crippen LogP contribution is -2.30. The molecule has 1 aromatic carbocycles. The number of hydrogen-bond donors (Lipinski definition) is 1.